The maximum Gasteiger partial charge on any atom is 0.264 e. The zero-order chi connectivity index (χ0) is 11.4. The second-order valence-corrected chi connectivity index (χ2v) is 4.15. The molecule has 0 bridgehead atoms. The number of aromatic amines is 1. The maximum absolute atomic E-state index is 10.8. The normalized spacial score (nSPS) is 10.6. The number of nitrogens with zero attached hydrogens (tertiary/aromatic N) is 3. The molecule has 2 aromatic rings. The van der Waals surface area contributed by atoms with Crippen LogP contribution in [0.25, 0.3) is 10.7 Å². The fourth-order valence-corrected chi connectivity index (χ4v) is 1.90. The van der Waals surface area contributed by atoms with Gasteiger partial charge in [0.05, 0.1) is 0 Å². The summed E-state index contributed by atoms with van der Waals surface area (Å²) < 4.78 is 0. The molecule has 0 aromatic carbocycles. The van der Waals surface area contributed by atoms with Crippen molar-refractivity contribution in [3.05, 3.63) is 27.5 Å². The highest BCUT2D eigenvalue weighted by molar-refractivity contribution is 7.14. The SMILES string of the molecule is CCNCc1nnc(-c2ccc(=O)[nH]n2)s1. The van der Waals surface area contributed by atoms with Gasteiger partial charge < -0.3 is 5.32 Å². The number of aromatic nitrogens is 4. The molecule has 0 spiro atoms. The molecule has 0 aliphatic rings. The van der Waals surface area contributed by atoms with Crippen molar-refractivity contribution >= 4 is 11.3 Å². The highest BCUT2D eigenvalue weighted by atomic mass is 32.1. The molecule has 0 aliphatic heterocycles. The van der Waals surface area contributed by atoms with Gasteiger partial charge in [-0.15, -0.1) is 10.2 Å². The molecule has 0 radical (unpaired) electrons. The fraction of sp³-hybridized carbons (Fsp3) is 0.333. The molecule has 6 nitrogen and oxygen atoms in total. The van der Waals surface area contributed by atoms with Crippen LogP contribution in [-0.4, -0.2) is 26.9 Å². The van der Waals surface area contributed by atoms with Crippen molar-refractivity contribution in [2.24, 2.45) is 0 Å². The summed E-state index contributed by atoms with van der Waals surface area (Å²) in [4.78, 5) is 10.8. The highest BCUT2D eigenvalue weighted by Gasteiger charge is 2.07. The predicted molar refractivity (Wildman–Crippen MR) is 61.1 cm³/mol. The van der Waals surface area contributed by atoms with E-state index in [1.165, 1.54) is 17.4 Å². The van der Waals surface area contributed by atoms with Crippen molar-refractivity contribution in [2.45, 2.75) is 13.5 Å². The first-order valence-corrected chi connectivity index (χ1v) is 5.70. The third-order valence-corrected chi connectivity index (χ3v) is 2.84. The Labute approximate surface area is 95.8 Å². The molecule has 0 atom stereocenters. The summed E-state index contributed by atoms with van der Waals surface area (Å²) in [6.07, 6.45) is 0. The van der Waals surface area contributed by atoms with Crippen molar-refractivity contribution in [3.63, 3.8) is 0 Å². The summed E-state index contributed by atoms with van der Waals surface area (Å²) >= 11 is 1.46. The minimum Gasteiger partial charge on any atom is -0.311 e. The van der Waals surface area contributed by atoms with Crippen LogP contribution in [0.1, 0.15) is 11.9 Å². The zero-order valence-electron chi connectivity index (χ0n) is 8.73. The topological polar surface area (TPSA) is 83.6 Å². The minimum absolute atomic E-state index is 0.221. The molecule has 0 saturated heterocycles. The average molecular weight is 237 g/mol. The number of nitrogens with one attached hydrogen (secondary N) is 2. The van der Waals surface area contributed by atoms with Gasteiger partial charge >= 0.3 is 0 Å². The lowest BCUT2D eigenvalue weighted by atomic mass is 10.4. The Morgan fingerprint density at radius 3 is 3.00 bits per heavy atom. The van der Waals surface area contributed by atoms with Crippen molar-refractivity contribution < 1.29 is 0 Å². The quantitative estimate of drug-likeness (QED) is 0.804. The first kappa shape index (κ1) is 10.9. The largest absolute Gasteiger partial charge is 0.311 e. The van der Waals surface area contributed by atoms with Crippen LogP contribution in [0.2, 0.25) is 0 Å². The van der Waals surface area contributed by atoms with Crippen LogP contribution in [0.5, 0.6) is 0 Å². The van der Waals surface area contributed by atoms with Gasteiger partial charge in [-0.25, -0.2) is 5.10 Å². The van der Waals surface area contributed by atoms with Crippen LogP contribution in [0.4, 0.5) is 0 Å². The lowest BCUT2D eigenvalue weighted by Gasteiger charge is -1.93. The summed E-state index contributed by atoms with van der Waals surface area (Å²) in [7, 11) is 0. The molecule has 0 fully saturated rings. The van der Waals surface area contributed by atoms with E-state index in [1.807, 2.05) is 6.92 Å². The second kappa shape index (κ2) is 4.95. The van der Waals surface area contributed by atoms with E-state index in [-0.39, 0.29) is 5.56 Å². The van der Waals surface area contributed by atoms with E-state index < -0.39 is 0 Å². The summed E-state index contributed by atoms with van der Waals surface area (Å²) in [5, 5.41) is 19.1. The highest BCUT2D eigenvalue weighted by Crippen LogP contribution is 2.19. The van der Waals surface area contributed by atoms with Crippen LogP contribution >= 0.6 is 11.3 Å². The third-order valence-electron chi connectivity index (χ3n) is 1.89. The molecule has 2 heterocycles. The molecule has 84 valence electrons. The Bertz CT molecular complexity index is 500. The molecule has 2 rings (SSSR count). The Hall–Kier alpha value is -1.60. The van der Waals surface area contributed by atoms with Crippen molar-refractivity contribution in [2.75, 3.05) is 6.54 Å². The molecule has 2 N–H and O–H groups in total. The zero-order valence-corrected chi connectivity index (χ0v) is 9.54. The van der Waals surface area contributed by atoms with Gasteiger partial charge in [-0.2, -0.15) is 5.10 Å². The second-order valence-electron chi connectivity index (χ2n) is 3.09. The van der Waals surface area contributed by atoms with Gasteiger partial charge in [-0.3, -0.25) is 4.79 Å². The molecule has 0 amide bonds. The molecule has 2 aromatic heterocycles. The molecular weight excluding hydrogens is 226 g/mol. The Morgan fingerprint density at radius 2 is 2.31 bits per heavy atom. The average Bonchev–Trinajstić information content (AvgIpc) is 2.76. The van der Waals surface area contributed by atoms with Crippen molar-refractivity contribution in [3.8, 4) is 10.7 Å². The van der Waals surface area contributed by atoms with Gasteiger partial charge in [0.15, 0.2) is 5.01 Å². The molecule has 0 unspecified atom stereocenters. The third kappa shape index (κ3) is 2.50. The van der Waals surface area contributed by atoms with Gasteiger partial charge in [0.1, 0.15) is 10.7 Å². The van der Waals surface area contributed by atoms with Gasteiger partial charge in [-0.1, -0.05) is 18.3 Å². The number of hydrogen-bond acceptors (Lipinski definition) is 6. The molecular formula is C9H11N5OS. The van der Waals surface area contributed by atoms with Crippen LogP contribution in [0, 0.1) is 0 Å². The Morgan fingerprint density at radius 1 is 1.44 bits per heavy atom. The van der Waals surface area contributed by atoms with E-state index in [4.69, 9.17) is 0 Å². The summed E-state index contributed by atoms with van der Waals surface area (Å²) in [6.45, 7) is 3.63. The first-order chi connectivity index (χ1) is 7.79. The molecule has 0 aliphatic carbocycles. The van der Waals surface area contributed by atoms with Gasteiger partial charge in [-0.05, 0) is 12.6 Å². The fourth-order valence-electron chi connectivity index (χ4n) is 1.12. The predicted octanol–water partition coefficient (Wildman–Crippen LogP) is 0.398. The smallest absolute Gasteiger partial charge is 0.264 e. The Kier molecular flexibility index (Phi) is 3.37. The van der Waals surface area contributed by atoms with E-state index in [0.717, 1.165) is 11.6 Å². The van der Waals surface area contributed by atoms with Gasteiger partial charge in [0.2, 0.25) is 0 Å². The Balaban J connectivity index is 2.18. The van der Waals surface area contributed by atoms with Crippen molar-refractivity contribution in [1.82, 2.24) is 25.7 Å². The number of H-pyrrole nitrogens is 1. The van der Waals surface area contributed by atoms with Crippen molar-refractivity contribution in [1.29, 1.82) is 0 Å². The molecule has 7 heteroatoms. The lowest BCUT2D eigenvalue weighted by molar-refractivity contribution is 0.715. The minimum atomic E-state index is -0.221. The summed E-state index contributed by atoms with van der Waals surface area (Å²) in [5.74, 6) is 0. The van der Waals surface area contributed by atoms with Crippen LogP contribution in [-0.2, 0) is 6.54 Å². The van der Waals surface area contributed by atoms with Gasteiger partial charge in [0, 0.05) is 12.6 Å². The van der Waals surface area contributed by atoms with E-state index >= 15 is 0 Å². The van der Waals surface area contributed by atoms with Crippen LogP contribution in [0.15, 0.2) is 16.9 Å². The van der Waals surface area contributed by atoms with Gasteiger partial charge in [0.25, 0.3) is 5.56 Å². The number of rotatable bonds is 4. The maximum atomic E-state index is 10.8. The van der Waals surface area contributed by atoms with E-state index in [9.17, 15) is 4.79 Å². The van der Waals surface area contributed by atoms with E-state index in [0.29, 0.717) is 17.2 Å². The summed E-state index contributed by atoms with van der Waals surface area (Å²) in [6, 6.07) is 3.06. The number of hydrogen-bond donors (Lipinski definition) is 2. The first-order valence-electron chi connectivity index (χ1n) is 4.89. The van der Waals surface area contributed by atoms with Crippen LogP contribution < -0.4 is 10.9 Å². The van der Waals surface area contributed by atoms with E-state index in [1.54, 1.807) is 6.07 Å². The van der Waals surface area contributed by atoms with E-state index in [2.05, 4.69) is 25.7 Å². The molecule has 0 saturated carbocycles. The molecule has 16 heavy (non-hydrogen) atoms. The monoisotopic (exact) mass is 237 g/mol. The summed E-state index contributed by atoms with van der Waals surface area (Å²) in [5.41, 5.74) is 0.418. The lowest BCUT2D eigenvalue weighted by Crippen LogP contribution is -2.11. The van der Waals surface area contributed by atoms with Crippen LogP contribution in [0.3, 0.4) is 0 Å². The standard InChI is InChI=1S/C9H11N5OS/c1-2-10-5-8-13-14-9(16-8)6-3-4-7(15)12-11-6/h3-4,10H,2,5H2,1H3,(H,12,15).